The molecule has 0 saturated carbocycles. The first-order valence-electron chi connectivity index (χ1n) is 4.63. The monoisotopic (exact) mass is 184 g/mol. The lowest BCUT2D eigenvalue weighted by molar-refractivity contribution is -0.148. The van der Waals surface area contributed by atoms with Crippen LogP contribution in [0, 0.1) is 5.41 Å². The van der Waals surface area contributed by atoms with Gasteiger partial charge in [-0.2, -0.15) is 0 Å². The number of carboxylic acid groups (broad SMARTS) is 1. The zero-order valence-corrected chi connectivity index (χ0v) is 7.86. The van der Waals surface area contributed by atoms with Crippen molar-refractivity contribution >= 4 is 5.97 Å². The molecule has 2 N–H and O–H groups in total. The minimum atomic E-state index is -0.742. The minimum Gasteiger partial charge on any atom is -0.481 e. The first-order chi connectivity index (χ1) is 6.04. The summed E-state index contributed by atoms with van der Waals surface area (Å²) >= 11 is 0. The lowest BCUT2D eigenvalue weighted by atomic mass is 9.80. The van der Waals surface area contributed by atoms with E-state index in [4.69, 9.17) is 5.11 Å². The Balaban J connectivity index is 2.69. The average Bonchev–Trinajstić information content (AvgIpc) is 2.01. The van der Waals surface area contributed by atoms with Crippen LogP contribution in [0.1, 0.15) is 32.6 Å². The van der Waals surface area contributed by atoms with Crippen molar-refractivity contribution in [3.63, 3.8) is 0 Å². The highest BCUT2D eigenvalue weighted by molar-refractivity contribution is 5.74. The van der Waals surface area contributed by atoms with Crippen LogP contribution in [-0.2, 0) is 4.79 Å². The van der Waals surface area contributed by atoms with Crippen LogP contribution >= 0.6 is 0 Å². The summed E-state index contributed by atoms with van der Waals surface area (Å²) in [5, 5.41) is 18.3. The van der Waals surface area contributed by atoms with Gasteiger partial charge in [-0.15, -0.1) is 0 Å². The van der Waals surface area contributed by atoms with Crippen molar-refractivity contribution in [1.82, 2.24) is 0 Å². The first kappa shape index (κ1) is 10.3. The summed E-state index contributed by atoms with van der Waals surface area (Å²) in [5.41, 5.74) is -0.642. The molecule has 0 saturated heterocycles. The van der Waals surface area contributed by atoms with Crippen molar-refractivity contribution in [3.8, 4) is 0 Å². The molecule has 0 amide bonds. The molecule has 1 rings (SSSR count). The number of allylic oxidation sites excluding steroid dienone is 1. The normalized spacial score (nSPS) is 37.5. The van der Waals surface area contributed by atoms with E-state index >= 15 is 0 Å². The average molecular weight is 184 g/mol. The van der Waals surface area contributed by atoms with Gasteiger partial charge in [0, 0.05) is 0 Å². The van der Waals surface area contributed by atoms with Gasteiger partial charge in [-0.25, -0.2) is 0 Å². The molecular weight excluding hydrogens is 168 g/mol. The molecular formula is C10H16O3. The van der Waals surface area contributed by atoms with E-state index in [-0.39, 0.29) is 0 Å². The zero-order chi connectivity index (χ0) is 9.90. The van der Waals surface area contributed by atoms with Gasteiger partial charge in [0.2, 0.25) is 0 Å². The van der Waals surface area contributed by atoms with Crippen LogP contribution in [-0.4, -0.2) is 22.3 Å². The Morgan fingerprint density at radius 1 is 1.62 bits per heavy atom. The second-order valence-electron chi connectivity index (χ2n) is 3.96. The standard InChI is InChI=1S/C10H16O3/c1-10(9(12)13)6-2-4-8(11)5-3-7-10/h2,4,8,11H,3,5-7H2,1H3,(H,12,13)/b4-2-. The lowest BCUT2D eigenvalue weighted by Gasteiger charge is -2.25. The molecule has 13 heavy (non-hydrogen) atoms. The Morgan fingerprint density at radius 2 is 2.31 bits per heavy atom. The Morgan fingerprint density at radius 3 is 2.92 bits per heavy atom. The van der Waals surface area contributed by atoms with Crippen LogP contribution in [0.4, 0.5) is 0 Å². The summed E-state index contributed by atoms with van der Waals surface area (Å²) < 4.78 is 0. The van der Waals surface area contributed by atoms with Gasteiger partial charge in [-0.05, 0) is 32.6 Å². The Labute approximate surface area is 78.1 Å². The number of aliphatic carboxylic acids is 1. The molecule has 0 bridgehead atoms. The van der Waals surface area contributed by atoms with Crippen LogP contribution in [0.15, 0.2) is 12.2 Å². The van der Waals surface area contributed by atoms with Crippen LogP contribution in [0.5, 0.6) is 0 Å². The molecule has 0 radical (unpaired) electrons. The third-order valence-corrected chi connectivity index (χ3v) is 2.67. The number of aliphatic hydroxyl groups excluding tert-OH is 1. The molecule has 0 fully saturated rings. The molecule has 2 atom stereocenters. The second kappa shape index (κ2) is 3.92. The molecule has 0 aromatic heterocycles. The molecule has 0 aromatic carbocycles. The predicted molar refractivity (Wildman–Crippen MR) is 49.4 cm³/mol. The molecule has 1 aliphatic rings. The van der Waals surface area contributed by atoms with Gasteiger partial charge in [0.25, 0.3) is 0 Å². The minimum absolute atomic E-state index is 0.390. The van der Waals surface area contributed by atoms with Crippen molar-refractivity contribution in [1.29, 1.82) is 0 Å². The van der Waals surface area contributed by atoms with Crippen molar-refractivity contribution in [2.45, 2.75) is 38.7 Å². The highest BCUT2D eigenvalue weighted by atomic mass is 16.4. The van der Waals surface area contributed by atoms with Gasteiger partial charge >= 0.3 is 5.97 Å². The third kappa shape index (κ3) is 2.56. The molecule has 0 spiro atoms. The fourth-order valence-corrected chi connectivity index (χ4v) is 1.58. The zero-order valence-electron chi connectivity index (χ0n) is 7.86. The first-order valence-corrected chi connectivity index (χ1v) is 4.63. The van der Waals surface area contributed by atoms with Gasteiger partial charge in [0.05, 0.1) is 11.5 Å². The van der Waals surface area contributed by atoms with Gasteiger partial charge in [-0.3, -0.25) is 4.79 Å². The number of carboxylic acids is 1. The molecule has 74 valence electrons. The topological polar surface area (TPSA) is 57.5 Å². The summed E-state index contributed by atoms with van der Waals surface area (Å²) in [6.07, 6.45) is 5.67. The maximum absolute atomic E-state index is 10.9. The SMILES string of the molecule is CC1(C(=O)O)C/C=C\C(O)CCC1. The largest absolute Gasteiger partial charge is 0.481 e. The highest BCUT2D eigenvalue weighted by Crippen LogP contribution is 2.31. The van der Waals surface area contributed by atoms with Gasteiger partial charge in [0.15, 0.2) is 0 Å². The summed E-state index contributed by atoms with van der Waals surface area (Å²) in [5.74, 6) is -0.742. The Kier molecular flexibility index (Phi) is 3.09. The quantitative estimate of drug-likeness (QED) is 0.608. The molecule has 0 heterocycles. The smallest absolute Gasteiger partial charge is 0.309 e. The summed E-state index contributed by atoms with van der Waals surface area (Å²) in [6.45, 7) is 1.76. The Hall–Kier alpha value is -0.830. The molecule has 0 aromatic rings. The fraction of sp³-hybridized carbons (Fsp3) is 0.700. The molecule has 1 aliphatic carbocycles. The Bertz CT molecular complexity index is 222. The number of rotatable bonds is 1. The van der Waals surface area contributed by atoms with Crippen LogP contribution in [0.25, 0.3) is 0 Å². The van der Waals surface area contributed by atoms with E-state index in [1.807, 2.05) is 0 Å². The van der Waals surface area contributed by atoms with Crippen molar-refractivity contribution in [2.24, 2.45) is 5.41 Å². The van der Waals surface area contributed by atoms with Crippen LogP contribution in [0.3, 0.4) is 0 Å². The van der Waals surface area contributed by atoms with E-state index in [2.05, 4.69) is 0 Å². The highest BCUT2D eigenvalue weighted by Gasteiger charge is 2.32. The van der Waals surface area contributed by atoms with Crippen molar-refractivity contribution in [2.75, 3.05) is 0 Å². The van der Waals surface area contributed by atoms with E-state index in [1.54, 1.807) is 19.1 Å². The third-order valence-electron chi connectivity index (χ3n) is 2.67. The molecule has 0 aliphatic heterocycles. The number of hydrogen-bond donors (Lipinski definition) is 2. The molecule has 3 nitrogen and oxygen atoms in total. The molecule has 3 heteroatoms. The number of carbonyl (C=O) groups is 1. The summed E-state index contributed by atoms with van der Waals surface area (Å²) in [4.78, 5) is 10.9. The van der Waals surface area contributed by atoms with Crippen LogP contribution in [0.2, 0.25) is 0 Å². The van der Waals surface area contributed by atoms with Crippen LogP contribution < -0.4 is 0 Å². The molecule has 2 unspecified atom stereocenters. The second-order valence-corrected chi connectivity index (χ2v) is 3.96. The van der Waals surface area contributed by atoms with Crippen molar-refractivity contribution in [3.05, 3.63) is 12.2 Å². The van der Waals surface area contributed by atoms with Crippen molar-refractivity contribution < 1.29 is 15.0 Å². The maximum atomic E-state index is 10.9. The van der Waals surface area contributed by atoms with E-state index in [0.29, 0.717) is 19.3 Å². The number of aliphatic hydroxyl groups is 1. The van der Waals surface area contributed by atoms with Gasteiger partial charge in [0.1, 0.15) is 0 Å². The summed E-state index contributed by atoms with van der Waals surface area (Å²) in [6, 6.07) is 0. The van der Waals surface area contributed by atoms with Gasteiger partial charge < -0.3 is 10.2 Å². The van der Waals surface area contributed by atoms with E-state index < -0.39 is 17.5 Å². The van der Waals surface area contributed by atoms with E-state index in [0.717, 1.165) is 6.42 Å². The number of hydrogen-bond acceptors (Lipinski definition) is 2. The predicted octanol–water partition coefficient (Wildman–Crippen LogP) is 1.57. The lowest BCUT2D eigenvalue weighted by Crippen LogP contribution is -2.28. The van der Waals surface area contributed by atoms with E-state index in [9.17, 15) is 9.90 Å². The fourth-order valence-electron chi connectivity index (χ4n) is 1.58. The van der Waals surface area contributed by atoms with E-state index in [1.165, 1.54) is 0 Å². The maximum Gasteiger partial charge on any atom is 0.309 e. The van der Waals surface area contributed by atoms with Gasteiger partial charge in [-0.1, -0.05) is 12.2 Å². The summed E-state index contributed by atoms with van der Waals surface area (Å²) in [7, 11) is 0.